The number of Topliss-reactive ketones (excluding diaryl/α,β-unsaturated/α-hetero) is 1. The van der Waals surface area contributed by atoms with Gasteiger partial charge < -0.3 is 0 Å². The molecule has 0 bridgehead atoms. The topological polar surface area (TPSA) is 47.8 Å². The van der Waals surface area contributed by atoms with E-state index >= 15 is 0 Å². The first-order valence-corrected chi connectivity index (χ1v) is 6.03. The van der Waals surface area contributed by atoms with Crippen LogP contribution in [0.25, 0.3) is 5.69 Å². The van der Waals surface area contributed by atoms with Gasteiger partial charge in [-0.25, -0.2) is 9.07 Å². The monoisotopic (exact) mass is 297 g/mol. The Morgan fingerprint density at radius 1 is 1.41 bits per heavy atom. The molecule has 17 heavy (non-hydrogen) atoms. The quantitative estimate of drug-likeness (QED) is 0.645. The Hall–Kier alpha value is -1.56. The number of carbonyl (C=O) groups excluding carboxylic acids is 1. The Labute approximate surface area is 106 Å². The maximum atomic E-state index is 12.8. The van der Waals surface area contributed by atoms with Crippen molar-refractivity contribution in [3.05, 3.63) is 41.5 Å². The molecule has 2 rings (SSSR count). The first-order chi connectivity index (χ1) is 8.13. The molecule has 6 heteroatoms. The number of hydrogen-bond acceptors (Lipinski definition) is 3. The first kappa shape index (κ1) is 11.9. The molecule has 0 radical (unpaired) electrons. The summed E-state index contributed by atoms with van der Waals surface area (Å²) in [5, 5.41) is 7.95. The van der Waals surface area contributed by atoms with E-state index in [-0.39, 0.29) is 16.9 Å². The van der Waals surface area contributed by atoms with Gasteiger partial charge in [0.2, 0.25) is 0 Å². The van der Waals surface area contributed by atoms with Crippen LogP contribution >= 0.6 is 15.9 Å². The summed E-state index contributed by atoms with van der Waals surface area (Å²) in [6, 6.07) is 5.73. The number of ketones is 1. The van der Waals surface area contributed by atoms with Crippen LogP contribution in [0.15, 0.2) is 24.3 Å². The molecule has 1 aromatic heterocycles. The molecule has 0 aliphatic rings. The molecular formula is C11H9BrFN3O. The van der Waals surface area contributed by atoms with E-state index in [1.165, 1.54) is 16.8 Å². The first-order valence-electron chi connectivity index (χ1n) is 4.91. The second-order valence-corrected chi connectivity index (χ2v) is 4.03. The van der Waals surface area contributed by atoms with Crippen molar-refractivity contribution in [1.29, 1.82) is 0 Å². The Kier molecular flexibility index (Phi) is 3.33. The fourth-order valence-corrected chi connectivity index (χ4v) is 1.77. The molecular weight excluding hydrogens is 289 g/mol. The van der Waals surface area contributed by atoms with E-state index in [2.05, 4.69) is 26.2 Å². The zero-order valence-corrected chi connectivity index (χ0v) is 10.6. The maximum Gasteiger partial charge on any atom is 0.193 e. The molecule has 88 valence electrons. The lowest BCUT2D eigenvalue weighted by Crippen LogP contribution is -2.11. The van der Waals surface area contributed by atoms with Gasteiger partial charge >= 0.3 is 0 Å². The van der Waals surface area contributed by atoms with Crippen molar-refractivity contribution in [2.24, 2.45) is 0 Å². The van der Waals surface area contributed by atoms with Gasteiger partial charge in [-0.1, -0.05) is 21.1 Å². The third-order valence-corrected chi connectivity index (χ3v) is 2.80. The number of benzene rings is 1. The smallest absolute Gasteiger partial charge is 0.193 e. The van der Waals surface area contributed by atoms with Gasteiger partial charge in [-0.2, -0.15) is 0 Å². The third-order valence-electron chi connectivity index (χ3n) is 2.30. The second-order valence-electron chi connectivity index (χ2n) is 3.47. The van der Waals surface area contributed by atoms with Crippen molar-refractivity contribution in [2.75, 3.05) is 5.33 Å². The van der Waals surface area contributed by atoms with Crippen LogP contribution in [-0.2, 0) is 0 Å². The molecule has 4 nitrogen and oxygen atoms in total. The number of halogens is 2. The van der Waals surface area contributed by atoms with E-state index in [0.717, 1.165) is 0 Å². The second kappa shape index (κ2) is 4.75. The van der Waals surface area contributed by atoms with Crippen LogP contribution in [0, 0.1) is 12.7 Å². The van der Waals surface area contributed by atoms with E-state index in [1.807, 2.05) is 0 Å². The lowest BCUT2D eigenvalue weighted by atomic mass is 10.2. The standard InChI is InChI=1S/C11H9BrFN3O/c1-7-11(10(17)6-12)16(15-14-7)9-4-2-8(13)3-5-9/h2-5H,6H2,1H3. The van der Waals surface area contributed by atoms with E-state index < -0.39 is 0 Å². The zero-order chi connectivity index (χ0) is 12.4. The molecule has 0 atom stereocenters. The minimum Gasteiger partial charge on any atom is -0.291 e. The van der Waals surface area contributed by atoms with Crippen LogP contribution in [0.1, 0.15) is 16.2 Å². The van der Waals surface area contributed by atoms with Crippen molar-refractivity contribution in [1.82, 2.24) is 15.0 Å². The van der Waals surface area contributed by atoms with Crippen molar-refractivity contribution >= 4 is 21.7 Å². The zero-order valence-electron chi connectivity index (χ0n) is 9.02. The summed E-state index contributed by atoms with van der Waals surface area (Å²) in [6.07, 6.45) is 0. The molecule has 0 fully saturated rings. The van der Waals surface area contributed by atoms with Crippen LogP contribution in [0.2, 0.25) is 0 Å². The number of carbonyl (C=O) groups is 1. The summed E-state index contributed by atoms with van der Waals surface area (Å²) in [4.78, 5) is 11.7. The third kappa shape index (κ3) is 2.26. The Bertz CT molecular complexity index is 550. The summed E-state index contributed by atoms with van der Waals surface area (Å²) in [5.74, 6) is -0.448. The molecule has 0 amide bonds. The maximum absolute atomic E-state index is 12.8. The summed E-state index contributed by atoms with van der Waals surface area (Å²) in [5.41, 5.74) is 1.57. The Morgan fingerprint density at radius 3 is 2.65 bits per heavy atom. The van der Waals surface area contributed by atoms with Crippen LogP contribution in [0.4, 0.5) is 4.39 Å². The molecule has 0 unspecified atom stereocenters. The lowest BCUT2D eigenvalue weighted by Gasteiger charge is -2.04. The van der Waals surface area contributed by atoms with Crippen LogP contribution < -0.4 is 0 Å². The van der Waals surface area contributed by atoms with Gasteiger partial charge in [0.25, 0.3) is 0 Å². The SMILES string of the molecule is Cc1nnn(-c2ccc(F)cc2)c1C(=O)CBr. The van der Waals surface area contributed by atoms with Gasteiger partial charge in [0.15, 0.2) is 5.78 Å². The fourth-order valence-electron chi connectivity index (χ4n) is 1.50. The highest BCUT2D eigenvalue weighted by Crippen LogP contribution is 2.14. The number of hydrogen-bond donors (Lipinski definition) is 0. The molecule has 0 aliphatic heterocycles. The van der Waals surface area contributed by atoms with Gasteiger partial charge in [-0.3, -0.25) is 4.79 Å². The molecule has 2 aromatic rings. The molecule has 1 heterocycles. The van der Waals surface area contributed by atoms with E-state index in [9.17, 15) is 9.18 Å². The molecule has 1 aromatic carbocycles. The molecule has 0 saturated heterocycles. The molecule has 0 spiro atoms. The normalized spacial score (nSPS) is 10.5. The number of aromatic nitrogens is 3. The largest absolute Gasteiger partial charge is 0.291 e. The van der Waals surface area contributed by atoms with Crippen molar-refractivity contribution in [3.63, 3.8) is 0 Å². The number of rotatable bonds is 3. The van der Waals surface area contributed by atoms with E-state index in [0.29, 0.717) is 17.1 Å². The predicted molar refractivity (Wildman–Crippen MR) is 64.2 cm³/mol. The van der Waals surface area contributed by atoms with Crippen molar-refractivity contribution in [2.45, 2.75) is 6.92 Å². The predicted octanol–water partition coefficient (Wildman–Crippen LogP) is 2.29. The Balaban J connectivity index is 2.52. The van der Waals surface area contributed by atoms with Crippen molar-refractivity contribution in [3.8, 4) is 5.69 Å². The fraction of sp³-hybridized carbons (Fsp3) is 0.182. The highest BCUT2D eigenvalue weighted by molar-refractivity contribution is 9.09. The molecule has 0 saturated carbocycles. The minimum atomic E-state index is -0.334. The van der Waals surface area contributed by atoms with Gasteiger partial charge in [0.05, 0.1) is 16.7 Å². The van der Waals surface area contributed by atoms with Gasteiger partial charge in [0.1, 0.15) is 11.5 Å². The minimum absolute atomic E-state index is 0.114. The molecule has 0 aliphatic carbocycles. The summed E-state index contributed by atoms with van der Waals surface area (Å²) in [7, 11) is 0. The number of aryl methyl sites for hydroxylation is 1. The summed E-state index contributed by atoms with van der Waals surface area (Å²) in [6.45, 7) is 1.71. The van der Waals surface area contributed by atoms with Gasteiger partial charge in [-0.15, -0.1) is 5.10 Å². The highest BCUT2D eigenvalue weighted by atomic mass is 79.9. The number of nitrogens with zero attached hydrogens (tertiary/aromatic N) is 3. The number of alkyl halides is 1. The van der Waals surface area contributed by atoms with E-state index in [4.69, 9.17) is 0 Å². The highest BCUT2D eigenvalue weighted by Gasteiger charge is 2.17. The van der Waals surface area contributed by atoms with Crippen LogP contribution in [-0.4, -0.2) is 26.1 Å². The van der Waals surface area contributed by atoms with Gasteiger partial charge in [-0.05, 0) is 31.2 Å². The average molecular weight is 298 g/mol. The average Bonchev–Trinajstić information content (AvgIpc) is 2.71. The summed E-state index contributed by atoms with van der Waals surface area (Å²) < 4.78 is 14.2. The van der Waals surface area contributed by atoms with Crippen molar-refractivity contribution < 1.29 is 9.18 Å². The Morgan fingerprint density at radius 2 is 2.06 bits per heavy atom. The lowest BCUT2D eigenvalue weighted by molar-refractivity contribution is 0.101. The summed E-state index contributed by atoms with van der Waals surface area (Å²) >= 11 is 3.11. The van der Waals surface area contributed by atoms with Crippen LogP contribution in [0.3, 0.4) is 0 Å². The van der Waals surface area contributed by atoms with Gasteiger partial charge in [0, 0.05) is 0 Å². The van der Waals surface area contributed by atoms with E-state index in [1.54, 1.807) is 19.1 Å². The molecule has 0 N–H and O–H groups in total. The van der Waals surface area contributed by atoms with Crippen LogP contribution in [0.5, 0.6) is 0 Å².